The molecule has 6 heteroatoms. The van der Waals surface area contributed by atoms with Crippen LogP contribution < -0.4 is 10.5 Å². The van der Waals surface area contributed by atoms with Gasteiger partial charge in [-0.05, 0) is 17.7 Å². The summed E-state index contributed by atoms with van der Waals surface area (Å²) < 4.78 is 30.9. The van der Waals surface area contributed by atoms with Gasteiger partial charge in [0.1, 0.15) is 12.4 Å². The number of benzene rings is 1. The molecule has 0 aliphatic rings. The summed E-state index contributed by atoms with van der Waals surface area (Å²) in [5.74, 6) is -2.74. The quantitative estimate of drug-likeness (QED) is 0.860. The van der Waals surface area contributed by atoms with Crippen molar-refractivity contribution in [1.82, 2.24) is 0 Å². The van der Waals surface area contributed by atoms with Crippen LogP contribution in [0, 0.1) is 0 Å². The van der Waals surface area contributed by atoms with Crippen LogP contribution in [0.1, 0.15) is 11.6 Å². The molecule has 0 saturated carbocycles. The summed E-state index contributed by atoms with van der Waals surface area (Å²) in [5.41, 5.74) is 5.58. The fourth-order valence-electron chi connectivity index (χ4n) is 1.15. The molecule has 16 heavy (non-hydrogen) atoms. The number of hydrogen-bond donors (Lipinski definition) is 2. The normalized spacial score (nSPS) is 12.8. The molecule has 0 radical (unpaired) electrons. The van der Waals surface area contributed by atoms with Crippen LogP contribution in [0.4, 0.5) is 8.78 Å². The van der Waals surface area contributed by atoms with E-state index in [1.807, 2.05) is 0 Å². The lowest BCUT2D eigenvalue weighted by atomic mass is 10.0. The van der Waals surface area contributed by atoms with Gasteiger partial charge in [0.25, 0.3) is 5.92 Å². The van der Waals surface area contributed by atoms with Crippen molar-refractivity contribution in [3.8, 4) is 5.75 Å². The zero-order valence-electron chi connectivity index (χ0n) is 8.69. The van der Waals surface area contributed by atoms with Crippen LogP contribution in [-0.4, -0.2) is 24.7 Å². The molecule has 1 atom stereocenters. The summed E-state index contributed by atoms with van der Waals surface area (Å²) in [6, 6.07) is 4.49. The summed E-state index contributed by atoms with van der Waals surface area (Å²) in [5, 5.41) is 8.47. The molecule has 1 aromatic carbocycles. The molecule has 0 unspecified atom stereocenters. The van der Waals surface area contributed by atoms with Crippen molar-refractivity contribution >= 4 is 12.4 Å². The first-order chi connectivity index (χ1) is 7.01. The van der Waals surface area contributed by atoms with Crippen molar-refractivity contribution in [2.75, 3.05) is 13.7 Å². The average molecular weight is 254 g/mol. The van der Waals surface area contributed by atoms with Crippen LogP contribution in [0.25, 0.3) is 0 Å². The molecule has 0 fully saturated rings. The van der Waals surface area contributed by atoms with E-state index in [2.05, 4.69) is 0 Å². The predicted molar refractivity (Wildman–Crippen MR) is 59.2 cm³/mol. The van der Waals surface area contributed by atoms with Crippen LogP contribution in [0.15, 0.2) is 24.3 Å². The summed E-state index contributed by atoms with van der Waals surface area (Å²) >= 11 is 0. The molecule has 92 valence electrons. The topological polar surface area (TPSA) is 55.5 Å². The van der Waals surface area contributed by atoms with Gasteiger partial charge >= 0.3 is 0 Å². The van der Waals surface area contributed by atoms with Gasteiger partial charge in [-0.2, -0.15) is 0 Å². The standard InChI is InChI=1S/C10H13F2NO2.ClH/c1-15-8-4-2-7(3-5-8)9(13)10(11,12)6-14;/h2-5,9,14H,6,13H2,1H3;1H/t9-;/m1./s1. The Hall–Kier alpha value is -0.910. The minimum Gasteiger partial charge on any atom is -0.497 e. The van der Waals surface area contributed by atoms with E-state index in [9.17, 15) is 8.78 Å². The van der Waals surface area contributed by atoms with E-state index in [4.69, 9.17) is 15.6 Å². The first-order valence-electron chi connectivity index (χ1n) is 4.39. The summed E-state index contributed by atoms with van der Waals surface area (Å²) in [4.78, 5) is 0. The van der Waals surface area contributed by atoms with Gasteiger partial charge in [0, 0.05) is 0 Å². The number of hydrogen-bond acceptors (Lipinski definition) is 3. The summed E-state index contributed by atoms with van der Waals surface area (Å²) in [6.45, 7) is -1.26. The lowest BCUT2D eigenvalue weighted by molar-refractivity contribution is -0.0711. The number of ether oxygens (including phenoxy) is 1. The smallest absolute Gasteiger partial charge is 0.289 e. The second-order valence-electron chi connectivity index (χ2n) is 3.17. The Labute approximate surface area is 98.6 Å². The molecule has 1 rings (SSSR count). The first-order valence-corrected chi connectivity index (χ1v) is 4.39. The summed E-state index contributed by atoms with van der Waals surface area (Å²) in [6.07, 6.45) is 0. The molecule has 0 amide bonds. The fraction of sp³-hybridized carbons (Fsp3) is 0.400. The molecule has 0 aliphatic heterocycles. The lowest BCUT2D eigenvalue weighted by Gasteiger charge is -2.21. The van der Waals surface area contributed by atoms with E-state index in [1.54, 1.807) is 12.1 Å². The summed E-state index contributed by atoms with van der Waals surface area (Å²) in [7, 11) is 1.48. The number of rotatable bonds is 4. The first kappa shape index (κ1) is 15.1. The van der Waals surface area contributed by atoms with Crippen molar-refractivity contribution in [2.24, 2.45) is 5.73 Å². The minimum atomic E-state index is -3.31. The third kappa shape index (κ3) is 3.30. The molecule has 0 heterocycles. The molecule has 3 N–H and O–H groups in total. The van der Waals surface area contributed by atoms with E-state index >= 15 is 0 Å². The monoisotopic (exact) mass is 253 g/mol. The number of nitrogens with two attached hydrogens (primary N) is 1. The molecule has 0 spiro atoms. The highest BCUT2D eigenvalue weighted by Crippen LogP contribution is 2.29. The van der Waals surface area contributed by atoms with Gasteiger partial charge in [0.15, 0.2) is 0 Å². The molecular weight excluding hydrogens is 240 g/mol. The molecule has 0 aromatic heterocycles. The molecule has 3 nitrogen and oxygen atoms in total. The third-order valence-electron chi connectivity index (χ3n) is 2.14. The highest BCUT2D eigenvalue weighted by Gasteiger charge is 2.37. The van der Waals surface area contributed by atoms with Crippen LogP contribution in [0.3, 0.4) is 0 Å². The predicted octanol–water partition coefficient (Wildman–Crippen LogP) is 1.74. The second-order valence-corrected chi connectivity index (χ2v) is 3.17. The van der Waals surface area contributed by atoms with Gasteiger partial charge in [-0.1, -0.05) is 12.1 Å². The molecule has 0 aliphatic carbocycles. The molecule has 0 saturated heterocycles. The highest BCUT2D eigenvalue weighted by atomic mass is 35.5. The molecule has 0 bridgehead atoms. The number of halogens is 3. The second kappa shape index (κ2) is 5.98. The maximum Gasteiger partial charge on any atom is 0.289 e. The van der Waals surface area contributed by atoms with E-state index in [0.717, 1.165) is 0 Å². The highest BCUT2D eigenvalue weighted by molar-refractivity contribution is 5.85. The van der Waals surface area contributed by atoms with E-state index in [-0.39, 0.29) is 18.0 Å². The van der Waals surface area contributed by atoms with Gasteiger partial charge in [0.2, 0.25) is 0 Å². The molecular formula is C10H14ClF2NO2. The van der Waals surface area contributed by atoms with Crippen molar-refractivity contribution in [3.63, 3.8) is 0 Å². The average Bonchev–Trinajstić information content (AvgIpc) is 2.28. The number of methoxy groups -OCH3 is 1. The van der Waals surface area contributed by atoms with Gasteiger partial charge in [-0.25, -0.2) is 8.78 Å². The Morgan fingerprint density at radius 2 is 1.88 bits per heavy atom. The Bertz CT molecular complexity index is 319. The van der Waals surface area contributed by atoms with Crippen LogP contribution in [0.5, 0.6) is 5.75 Å². The Morgan fingerprint density at radius 3 is 2.25 bits per heavy atom. The zero-order valence-corrected chi connectivity index (χ0v) is 9.51. The Kier molecular flexibility index (Phi) is 5.64. The van der Waals surface area contributed by atoms with Crippen LogP contribution in [0.2, 0.25) is 0 Å². The van der Waals surface area contributed by atoms with Gasteiger partial charge in [-0.15, -0.1) is 12.4 Å². The van der Waals surface area contributed by atoms with Crippen molar-refractivity contribution in [3.05, 3.63) is 29.8 Å². The maximum atomic E-state index is 13.0. The number of alkyl halides is 2. The number of aliphatic hydroxyl groups excluding tert-OH is 1. The van der Waals surface area contributed by atoms with Crippen molar-refractivity contribution in [2.45, 2.75) is 12.0 Å². The van der Waals surface area contributed by atoms with Crippen LogP contribution in [-0.2, 0) is 0 Å². The lowest BCUT2D eigenvalue weighted by Crippen LogP contribution is -2.36. The third-order valence-corrected chi connectivity index (χ3v) is 2.14. The largest absolute Gasteiger partial charge is 0.497 e. The van der Waals surface area contributed by atoms with Gasteiger partial charge in [0.05, 0.1) is 13.2 Å². The van der Waals surface area contributed by atoms with Gasteiger partial charge < -0.3 is 15.6 Å². The fourth-order valence-corrected chi connectivity index (χ4v) is 1.15. The van der Waals surface area contributed by atoms with E-state index in [1.165, 1.54) is 19.2 Å². The van der Waals surface area contributed by atoms with E-state index in [0.29, 0.717) is 5.75 Å². The van der Waals surface area contributed by atoms with Crippen molar-refractivity contribution in [1.29, 1.82) is 0 Å². The Morgan fingerprint density at radius 1 is 1.38 bits per heavy atom. The molecule has 1 aromatic rings. The van der Waals surface area contributed by atoms with Gasteiger partial charge in [-0.3, -0.25) is 0 Å². The van der Waals surface area contributed by atoms with E-state index < -0.39 is 18.6 Å². The minimum absolute atomic E-state index is 0. The zero-order chi connectivity index (χ0) is 11.5. The van der Waals surface area contributed by atoms with Crippen molar-refractivity contribution < 1.29 is 18.6 Å². The SMILES string of the molecule is COc1ccc([C@@H](N)C(F)(F)CO)cc1.Cl. The maximum absolute atomic E-state index is 13.0. The number of aliphatic hydroxyl groups is 1. The van der Waals surface area contributed by atoms with Crippen LogP contribution >= 0.6 is 12.4 Å². The Balaban J connectivity index is 0.00000225.